The number of aromatic nitrogens is 1. The minimum absolute atomic E-state index is 0.0182. The summed E-state index contributed by atoms with van der Waals surface area (Å²) in [6.07, 6.45) is 9.39. The number of hydrogen-bond acceptors (Lipinski definition) is 6. The van der Waals surface area contributed by atoms with Crippen LogP contribution in [0.3, 0.4) is 0 Å². The molecule has 174 valence electrons. The molecule has 1 fully saturated rings. The van der Waals surface area contributed by atoms with Crippen molar-refractivity contribution in [1.29, 1.82) is 0 Å². The van der Waals surface area contributed by atoms with Crippen molar-refractivity contribution >= 4 is 23.4 Å². The Kier molecular flexibility index (Phi) is 8.88. The highest BCUT2D eigenvalue weighted by molar-refractivity contribution is 5.99. The predicted octanol–water partition coefficient (Wildman–Crippen LogP) is 4.56. The number of furan rings is 1. The molecule has 0 spiro atoms. The van der Waals surface area contributed by atoms with Crippen LogP contribution in [0, 0.1) is 5.92 Å². The maximum atomic E-state index is 12.5. The summed E-state index contributed by atoms with van der Waals surface area (Å²) >= 11 is 0. The fraction of sp³-hybridized carbons (Fsp3) is 0.320. The number of carbonyl (C=O) groups excluding carboxylic acids is 1. The van der Waals surface area contributed by atoms with E-state index < -0.39 is 5.97 Å². The molecule has 1 saturated carbocycles. The Bertz CT molecular complexity index is 1030. The molecule has 2 heterocycles. The van der Waals surface area contributed by atoms with E-state index in [0.717, 1.165) is 30.1 Å². The molecule has 5 N–H and O–H groups in total. The van der Waals surface area contributed by atoms with Gasteiger partial charge in [0.2, 0.25) is 5.76 Å². The van der Waals surface area contributed by atoms with E-state index in [4.69, 9.17) is 10.8 Å². The number of aromatic carboxylic acids is 1. The zero-order valence-corrected chi connectivity index (χ0v) is 18.5. The maximum absolute atomic E-state index is 12.5. The van der Waals surface area contributed by atoms with Gasteiger partial charge in [0.05, 0.1) is 11.8 Å². The molecular formula is C25H30N4O4. The number of para-hydroxylation sites is 1. The van der Waals surface area contributed by atoms with Gasteiger partial charge in [-0.2, -0.15) is 0 Å². The van der Waals surface area contributed by atoms with Crippen molar-refractivity contribution in [3.63, 3.8) is 0 Å². The SMILES string of the molecule is Nc1cc(CNc2ccccc2C(=O)NCCC2CCCC2)ccn1.O=C(O)c1ccco1. The number of benzene rings is 1. The van der Waals surface area contributed by atoms with Crippen LogP contribution < -0.4 is 16.4 Å². The first kappa shape index (κ1) is 23.8. The average molecular weight is 451 g/mol. The van der Waals surface area contributed by atoms with Crippen LogP contribution in [0.25, 0.3) is 0 Å². The van der Waals surface area contributed by atoms with E-state index in [1.165, 1.54) is 44.1 Å². The molecule has 0 saturated heterocycles. The number of nitrogens with two attached hydrogens (primary N) is 1. The number of hydrogen-bond donors (Lipinski definition) is 4. The average Bonchev–Trinajstić information content (AvgIpc) is 3.53. The van der Waals surface area contributed by atoms with E-state index in [0.29, 0.717) is 17.9 Å². The lowest BCUT2D eigenvalue weighted by Gasteiger charge is -2.14. The Morgan fingerprint density at radius 1 is 1.12 bits per heavy atom. The van der Waals surface area contributed by atoms with Gasteiger partial charge in [-0.1, -0.05) is 37.8 Å². The molecule has 8 nitrogen and oxygen atoms in total. The summed E-state index contributed by atoms with van der Waals surface area (Å²) in [5, 5.41) is 14.6. The number of rotatable bonds is 8. The molecule has 1 aliphatic rings. The lowest BCUT2D eigenvalue weighted by Crippen LogP contribution is -2.26. The zero-order chi connectivity index (χ0) is 23.5. The lowest BCUT2D eigenvalue weighted by atomic mass is 10.0. The standard InChI is InChI=1S/C20H26N4O.C5H4O3/c21-19-13-16(10-11-22-19)14-24-18-8-4-3-7-17(18)20(25)23-12-9-15-5-1-2-6-15;6-5(7)4-2-1-3-8-4/h3-4,7-8,10-11,13,15,24H,1-2,5-6,9,12,14H2,(H2,21,22)(H,23,25);1-3H,(H,6,7). The van der Waals surface area contributed by atoms with Gasteiger partial charge >= 0.3 is 5.97 Å². The summed E-state index contributed by atoms with van der Waals surface area (Å²) in [5.41, 5.74) is 8.25. The van der Waals surface area contributed by atoms with E-state index in [-0.39, 0.29) is 11.7 Å². The molecule has 1 aliphatic carbocycles. The molecule has 3 aromatic rings. The van der Waals surface area contributed by atoms with Crippen molar-refractivity contribution in [2.24, 2.45) is 5.92 Å². The Hall–Kier alpha value is -3.81. The Labute approximate surface area is 193 Å². The number of anilines is 2. The highest BCUT2D eigenvalue weighted by Crippen LogP contribution is 2.27. The molecule has 4 rings (SSSR count). The summed E-state index contributed by atoms with van der Waals surface area (Å²) < 4.78 is 4.50. The first-order valence-electron chi connectivity index (χ1n) is 11.1. The molecule has 2 aromatic heterocycles. The molecule has 1 aromatic carbocycles. The Balaban J connectivity index is 0.000000323. The number of nitrogens with zero attached hydrogens (tertiary/aromatic N) is 1. The van der Waals surface area contributed by atoms with Crippen molar-refractivity contribution in [1.82, 2.24) is 10.3 Å². The van der Waals surface area contributed by atoms with Gasteiger partial charge in [0.25, 0.3) is 5.91 Å². The molecule has 33 heavy (non-hydrogen) atoms. The third-order valence-electron chi connectivity index (χ3n) is 5.54. The van der Waals surface area contributed by atoms with Gasteiger partial charge in [-0.15, -0.1) is 0 Å². The van der Waals surface area contributed by atoms with Crippen LogP contribution in [0.2, 0.25) is 0 Å². The van der Waals surface area contributed by atoms with Crippen LogP contribution in [-0.2, 0) is 6.54 Å². The molecule has 0 aliphatic heterocycles. The summed E-state index contributed by atoms with van der Waals surface area (Å²) in [4.78, 5) is 26.5. The second-order valence-corrected chi connectivity index (χ2v) is 7.97. The van der Waals surface area contributed by atoms with E-state index in [1.54, 1.807) is 6.20 Å². The zero-order valence-electron chi connectivity index (χ0n) is 18.5. The van der Waals surface area contributed by atoms with Gasteiger partial charge in [0.1, 0.15) is 5.82 Å². The van der Waals surface area contributed by atoms with Crippen LogP contribution in [-0.4, -0.2) is 28.5 Å². The fourth-order valence-electron chi connectivity index (χ4n) is 3.82. The van der Waals surface area contributed by atoms with Gasteiger partial charge in [0.15, 0.2) is 0 Å². The van der Waals surface area contributed by atoms with Crippen molar-refractivity contribution < 1.29 is 19.1 Å². The number of nitrogens with one attached hydrogen (secondary N) is 2. The van der Waals surface area contributed by atoms with Crippen molar-refractivity contribution in [2.45, 2.75) is 38.6 Å². The van der Waals surface area contributed by atoms with Gasteiger partial charge < -0.3 is 25.9 Å². The number of nitrogen functional groups attached to an aromatic ring is 1. The second-order valence-electron chi connectivity index (χ2n) is 7.97. The van der Waals surface area contributed by atoms with Crippen LogP contribution >= 0.6 is 0 Å². The fourth-order valence-corrected chi connectivity index (χ4v) is 3.82. The van der Waals surface area contributed by atoms with Crippen molar-refractivity contribution in [3.8, 4) is 0 Å². The minimum Gasteiger partial charge on any atom is -0.475 e. The number of carboxylic acid groups (broad SMARTS) is 1. The van der Waals surface area contributed by atoms with Crippen LogP contribution in [0.5, 0.6) is 0 Å². The molecule has 0 bridgehead atoms. The normalized spacial score (nSPS) is 13.1. The molecule has 1 amide bonds. The maximum Gasteiger partial charge on any atom is 0.371 e. The summed E-state index contributed by atoms with van der Waals surface area (Å²) in [7, 11) is 0. The van der Waals surface area contributed by atoms with Crippen LogP contribution in [0.15, 0.2) is 65.4 Å². The molecule has 0 atom stereocenters. The molecule has 8 heteroatoms. The van der Waals surface area contributed by atoms with E-state index in [1.807, 2.05) is 36.4 Å². The van der Waals surface area contributed by atoms with Crippen LogP contribution in [0.4, 0.5) is 11.5 Å². The number of pyridine rings is 1. The summed E-state index contributed by atoms with van der Waals surface area (Å²) in [6, 6.07) is 14.3. The quantitative estimate of drug-likeness (QED) is 0.395. The monoisotopic (exact) mass is 450 g/mol. The number of carboxylic acids is 1. The van der Waals surface area contributed by atoms with Crippen LogP contribution in [0.1, 0.15) is 58.6 Å². The predicted molar refractivity (Wildman–Crippen MR) is 127 cm³/mol. The second kappa shape index (κ2) is 12.3. The Morgan fingerprint density at radius 3 is 2.58 bits per heavy atom. The van der Waals surface area contributed by atoms with Gasteiger partial charge in [-0.05, 0) is 54.3 Å². The van der Waals surface area contributed by atoms with Gasteiger partial charge in [0, 0.05) is 25.0 Å². The number of amides is 1. The third kappa shape index (κ3) is 7.68. The smallest absolute Gasteiger partial charge is 0.371 e. The first-order valence-corrected chi connectivity index (χ1v) is 11.1. The van der Waals surface area contributed by atoms with Gasteiger partial charge in [-0.3, -0.25) is 4.79 Å². The molecule has 0 unspecified atom stereocenters. The Morgan fingerprint density at radius 2 is 1.91 bits per heavy atom. The lowest BCUT2D eigenvalue weighted by molar-refractivity contribution is 0.0662. The topological polar surface area (TPSA) is 130 Å². The minimum atomic E-state index is -1.03. The van der Waals surface area contributed by atoms with E-state index in [2.05, 4.69) is 20.0 Å². The first-order chi connectivity index (χ1) is 16.0. The van der Waals surface area contributed by atoms with E-state index in [9.17, 15) is 9.59 Å². The summed E-state index contributed by atoms with van der Waals surface area (Å²) in [6.45, 7) is 1.35. The van der Waals surface area contributed by atoms with Gasteiger partial charge in [-0.25, -0.2) is 9.78 Å². The number of carbonyl (C=O) groups is 2. The molecule has 0 radical (unpaired) electrons. The largest absolute Gasteiger partial charge is 0.475 e. The third-order valence-corrected chi connectivity index (χ3v) is 5.54. The van der Waals surface area contributed by atoms with Crippen molar-refractivity contribution in [2.75, 3.05) is 17.6 Å². The van der Waals surface area contributed by atoms with E-state index >= 15 is 0 Å². The van der Waals surface area contributed by atoms with Crippen molar-refractivity contribution in [3.05, 3.63) is 77.9 Å². The molecular weight excluding hydrogens is 420 g/mol. The highest BCUT2D eigenvalue weighted by Gasteiger charge is 2.16. The highest BCUT2D eigenvalue weighted by atomic mass is 16.4. The summed E-state index contributed by atoms with van der Waals surface area (Å²) in [5.74, 6) is 0.207.